The van der Waals surface area contributed by atoms with E-state index in [-0.39, 0.29) is 38.4 Å². The topological polar surface area (TPSA) is 78.9 Å². The van der Waals surface area contributed by atoms with Crippen LogP contribution in [-0.4, -0.2) is 37.2 Å². The van der Waals surface area contributed by atoms with Gasteiger partial charge in [0.15, 0.2) is 6.10 Å². The van der Waals surface area contributed by atoms with Crippen LogP contribution in [0, 0.1) is 0 Å². The molecule has 0 N–H and O–H groups in total. The molecule has 1 atom stereocenters. The Hall–Kier alpha value is -5.23. The fraction of sp³-hybridized carbons (Fsp3) is 0.466. The molecule has 0 aliphatic heterocycles. The van der Waals surface area contributed by atoms with Crippen molar-refractivity contribution >= 4 is 17.9 Å². The second kappa shape index (κ2) is 50.4. The molecule has 1 unspecified atom stereocenters. The van der Waals surface area contributed by atoms with E-state index < -0.39 is 18.0 Å². The average molecular weight is 877 g/mol. The summed E-state index contributed by atoms with van der Waals surface area (Å²) in [5, 5.41) is 0. The van der Waals surface area contributed by atoms with Gasteiger partial charge in [0.2, 0.25) is 0 Å². The number of carbonyl (C=O) groups excluding carboxylic acids is 3. The second-order valence-corrected chi connectivity index (χ2v) is 14.9. The lowest BCUT2D eigenvalue weighted by atomic mass is 10.2. The number of hydrogen-bond donors (Lipinski definition) is 0. The van der Waals surface area contributed by atoms with Gasteiger partial charge in [-0.1, -0.05) is 191 Å². The second-order valence-electron chi connectivity index (χ2n) is 14.9. The maximum atomic E-state index is 12.7. The number of ether oxygens (including phenoxy) is 3. The monoisotopic (exact) mass is 877 g/mol. The van der Waals surface area contributed by atoms with Gasteiger partial charge >= 0.3 is 17.9 Å². The van der Waals surface area contributed by atoms with Crippen LogP contribution in [0.3, 0.4) is 0 Å². The molecule has 0 amide bonds. The Kier molecular flexibility index (Phi) is 46.3. The lowest BCUT2D eigenvalue weighted by Crippen LogP contribution is -2.30. The van der Waals surface area contributed by atoms with Crippen LogP contribution in [0.5, 0.6) is 0 Å². The molecule has 0 aliphatic carbocycles. The zero-order valence-corrected chi connectivity index (χ0v) is 40.0. The smallest absolute Gasteiger partial charge is 0.306 e. The molecular weight excluding hydrogens is 793 g/mol. The zero-order valence-electron chi connectivity index (χ0n) is 40.0. The number of unbranched alkanes of at least 4 members (excludes halogenated alkanes) is 1. The van der Waals surface area contributed by atoms with E-state index >= 15 is 0 Å². The molecule has 0 saturated carbocycles. The minimum Gasteiger partial charge on any atom is -0.462 e. The minimum atomic E-state index is -0.876. The molecule has 0 bridgehead atoms. The van der Waals surface area contributed by atoms with Crippen molar-refractivity contribution < 1.29 is 28.6 Å². The fourth-order valence-corrected chi connectivity index (χ4v) is 5.48. The summed E-state index contributed by atoms with van der Waals surface area (Å²) in [5.74, 6) is -1.21. The average Bonchev–Trinajstić information content (AvgIpc) is 3.29. The van der Waals surface area contributed by atoms with Gasteiger partial charge in [-0.25, -0.2) is 0 Å². The quantitative estimate of drug-likeness (QED) is 0.0264. The van der Waals surface area contributed by atoms with Crippen LogP contribution >= 0.6 is 0 Å². The molecule has 64 heavy (non-hydrogen) atoms. The SMILES string of the molecule is CC/C=C\C/C=C\C/C=C\C/C=C\C/C=C\C/C=C\CCC(=O)OCC(COC(=O)CCC/C=C\C/C=C\C/C=C\CC)OC(=O)CC/C=C\C/C=C\C/C=C\C/C=C\C/C=C\CC. The Balaban J connectivity index is 4.69. The lowest BCUT2D eigenvalue weighted by molar-refractivity contribution is -0.166. The van der Waals surface area contributed by atoms with Crippen molar-refractivity contribution in [2.24, 2.45) is 0 Å². The van der Waals surface area contributed by atoms with E-state index in [9.17, 15) is 14.4 Å². The first-order chi connectivity index (χ1) is 31.5. The molecule has 6 heteroatoms. The fourth-order valence-electron chi connectivity index (χ4n) is 5.48. The maximum absolute atomic E-state index is 12.7. The normalized spacial score (nSPS) is 13.6. The van der Waals surface area contributed by atoms with Crippen LogP contribution in [0.15, 0.2) is 170 Å². The Morgan fingerprint density at radius 3 is 0.875 bits per heavy atom. The van der Waals surface area contributed by atoms with E-state index in [4.69, 9.17) is 14.2 Å². The summed E-state index contributed by atoms with van der Waals surface area (Å²) in [6.45, 7) is 6.06. The minimum absolute atomic E-state index is 0.167. The van der Waals surface area contributed by atoms with Crippen LogP contribution in [0.2, 0.25) is 0 Å². The van der Waals surface area contributed by atoms with E-state index in [1.54, 1.807) is 0 Å². The molecule has 0 radical (unpaired) electrons. The number of esters is 3. The Labute approximate surface area is 390 Å². The summed E-state index contributed by atoms with van der Waals surface area (Å²) in [5.41, 5.74) is 0. The molecule has 352 valence electrons. The molecule has 0 aromatic heterocycles. The predicted molar refractivity (Wildman–Crippen MR) is 274 cm³/mol. The highest BCUT2D eigenvalue weighted by molar-refractivity contribution is 5.71. The number of hydrogen-bond acceptors (Lipinski definition) is 6. The molecule has 0 fully saturated rings. The van der Waals surface area contributed by atoms with E-state index in [1.165, 1.54) is 0 Å². The van der Waals surface area contributed by atoms with Gasteiger partial charge in [0.25, 0.3) is 0 Å². The van der Waals surface area contributed by atoms with Crippen molar-refractivity contribution in [3.8, 4) is 0 Å². The molecule has 6 nitrogen and oxygen atoms in total. The highest BCUT2D eigenvalue weighted by atomic mass is 16.6. The van der Waals surface area contributed by atoms with Gasteiger partial charge < -0.3 is 14.2 Å². The third-order valence-corrected chi connectivity index (χ3v) is 8.97. The summed E-state index contributed by atoms with van der Waals surface area (Å²) >= 11 is 0. The van der Waals surface area contributed by atoms with Gasteiger partial charge in [0, 0.05) is 19.3 Å². The summed E-state index contributed by atoms with van der Waals surface area (Å²) in [6, 6.07) is 0. The molecule has 0 spiro atoms. The van der Waals surface area contributed by atoms with E-state index in [0.29, 0.717) is 19.3 Å². The predicted octanol–water partition coefficient (Wildman–Crippen LogP) is 16.0. The maximum Gasteiger partial charge on any atom is 0.306 e. The third kappa shape index (κ3) is 47.8. The van der Waals surface area contributed by atoms with Crippen molar-refractivity contribution in [1.29, 1.82) is 0 Å². The first-order valence-electron chi connectivity index (χ1n) is 24.1. The Morgan fingerprint density at radius 1 is 0.312 bits per heavy atom. The first-order valence-corrected chi connectivity index (χ1v) is 24.1. The number of carbonyl (C=O) groups is 3. The van der Waals surface area contributed by atoms with Crippen molar-refractivity contribution in [3.63, 3.8) is 0 Å². The summed E-state index contributed by atoms with van der Waals surface area (Å²) in [6.07, 6.45) is 75.2. The molecule has 0 aromatic carbocycles. The molecule has 0 saturated heterocycles. The van der Waals surface area contributed by atoms with Crippen molar-refractivity contribution in [2.75, 3.05) is 13.2 Å². The van der Waals surface area contributed by atoms with Crippen LogP contribution in [0.1, 0.15) is 156 Å². The lowest BCUT2D eigenvalue weighted by Gasteiger charge is -2.18. The van der Waals surface area contributed by atoms with Gasteiger partial charge in [0.05, 0.1) is 0 Å². The van der Waals surface area contributed by atoms with Crippen LogP contribution in [0.25, 0.3) is 0 Å². The first kappa shape index (κ1) is 58.8. The standard InChI is InChI=1S/C58H84O6/c1-4-7-10-13-16-19-22-24-26-28-29-30-32-33-36-39-42-45-48-51-57(60)63-54-55(53-62-56(59)50-47-44-41-38-35-21-18-15-12-9-6-3)64-58(61)52-49-46-43-40-37-34-31-27-25-23-20-17-14-11-8-5-2/h7-12,16-21,24-27,29-30,33-34,36-38,41-43,45-46,55H,4-6,13-15,22-23,28,31-32,35,39-40,44,47-54H2,1-3H3/b10-7-,11-8-,12-9-,19-16-,20-17-,21-18-,26-24-,27-25-,30-29-,36-33-,37-34-,41-38-,45-42-,46-43-. The number of allylic oxidation sites excluding steroid dienone is 28. The van der Waals surface area contributed by atoms with Crippen molar-refractivity contribution in [2.45, 2.75) is 162 Å². The van der Waals surface area contributed by atoms with Crippen LogP contribution in [0.4, 0.5) is 0 Å². The third-order valence-electron chi connectivity index (χ3n) is 8.97. The van der Waals surface area contributed by atoms with Crippen molar-refractivity contribution in [1.82, 2.24) is 0 Å². The van der Waals surface area contributed by atoms with Gasteiger partial charge in [-0.05, 0) is 116 Å². The van der Waals surface area contributed by atoms with Gasteiger partial charge in [-0.3, -0.25) is 14.4 Å². The molecular formula is C58H84O6. The van der Waals surface area contributed by atoms with Crippen LogP contribution < -0.4 is 0 Å². The molecule has 0 heterocycles. The highest BCUT2D eigenvalue weighted by Gasteiger charge is 2.19. The molecule has 0 aromatic rings. The van der Waals surface area contributed by atoms with Gasteiger partial charge in [0.1, 0.15) is 13.2 Å². The Bertz CT molecular complexity index is 1570. The van der Waals surface area contributed by atoms with Gasteiger partial charge in [-0.2, -0.15) is 0 Å². The summed E-state index contributed by atoms with van der Waals surface area (Å²) in [7, 11) is 0. The van der Waals surface area contributed by atoms with E-state index in [2.05, 4.69) is 167 Å². The molecule has 0 aliphatic rings. The largest absolute Gasteiger partial charge is 0.462 e. The molecule has 0 rings (SSSR count). The van der Waals surface area contributed by atoms with E-state index in [0.717, 1.165) is 96.3 Å². The number of rotatable bonds is 40. The van der Waals surface area contributed by atoms with Gasteiger partial charge in [-0.15, -0.1) is 0 Å². The summed E-state index contributed by atoms with van der Waals surface area (Å²) in [4.78, 5) is 37.8. The Morgan fingerprint density at radius 2 is 0.562 bits per heavy atom. The van der Waals surface area contributed by atoms with Crippen LogP contribution in [-0.2, 0) is 28.6 Å². The van der Waals surface area contributed by atoms with E-state index in [1.807, 2.05) is 24.3 Å². The summed E-state index contributed by atoms with van der Waals surface area (Å²) < 4.78 is 16.5. The van der Waals surface area contributed by atoms with Crippen molar-refractivity contribution in [3.05, 3.63) is 170 Å². The zero-order chi connectivity index (χ0) is 46.5. The highest BCUT2D eigenvalue weighted by Crippen LogP contribution is 2.07.